The van der Waals surface area contributed by atoms with Gasteiger partial charge in [-0.05, 0) is 56.5 Å². The Balaban J connectivity index is 1.60. The number of carbonyl (C=O) groups is 2. The fraction of sp³-hybridized carbons (Fsp3) is 0.286. The van der Waals surface area contributed by atoms with Crippen LogP contribution >= 0.6 is 0 Å². The minimum absolute atomic E-state index is 0.138. The van der Waals surface area contributed by atoms with Gasteiger partial charge in [0, 0.05) is 18.2 Å². The number of carbonyl (C=O) groups excluding carboxylic acids is 2. The third kappa shape index (κ3) is 3.91. The highest BCUT2D eigenvalue weighted by molar-refractivity contribution is 6.05. The van der Waals surface area contributed by atoms with E-state index < -0.39 is 11.7 Å². The summed E-state index contributed by atoms with van der Waals surface area (Å²) in [4.78, 5) is 28.9. The van der Waals surface area contributed by atoms with Crippen LogP contribution in [-0.2, 0) is 11.2 Å². The van der Waals surface area contributed by atoms with Crippen molar-refractivity contribution >= 4 is 23.3 Å². The molecular weight excluding hydrogens is 387 g/mol. The van der Waals surface area contributed by atoms with E-state index in [-0.39, 0.29) is 23.3 Å². The zero-order valence-electron chi connectivity index (χ0n) is 16.6. The Bertz CT molecular complexity index is 1120. The first-order valence-corrected chi connectivity index (χ1v) is 9.73. The number of amides is 2. The molecule has 8 nitrogen and oxygen atoms in total. The number of nitrogens with one attached hydrogen (secondary N) is 2. The summed E-state index contributed by atoms with van der Waals surface area (Å²) in [5.74, 6) is -0.605. The van der Waals surface area contributed by atoms with Crippen LogP contribution in [0.15, 0.2) is 36.7 Å². The number of hydrogen-bond donors (Lipinski definition) is 2. The highest BCUT2D eigenvalue weighted by Gasteiger charge is 2.20. The van der Waals surface area contributed by atoms with E-state index in [1.165, 1.54) is 12.1 Å². The first kappa shape index (κ1) is 19.7. The molecule has 3 heterocycles. The van der Waals surface area contributed by atoms with Crippen LogP contribution < -0.4 is 10.6 Å². The maximum Gasteiger partial charge on any atom is 0.259 e. The number of aromatic nitrogens is 4. The van der Waals surface area contributed by atoms with Crippen molar-refractivity contribution in [2.45, 2.75) is 39.2 Å². The van der Waals surface area contributed by atoms with Crippen LogP contribution in [0.2, 0.25) is 0 Å². The van der Waals surface area contributed by atoms with Crippen LogP contribution in [0.25, 0.3) is 11.5 Å². The van der Waals surface area contributed by atoms with Crippen molar-refractivity contribution in [1.29, 1.82) is 0 Å². The molecule has 4 rings (SSSR count). The molecule has 0 saturated heterocycles. The molecule has 0 saturated carbocycles. The average molecular weight is 408 g/mol. The van der Waals surface area contributed by atoms with Crippen LogP contribution in [0.3, 0.4) is 0 Å². The maximum atomic E-state index is 14.6. The molecule has 2 aromatic heterocycles. The van der Waals surface area contributed by atoms with E-state index in [1.54, 1.807) is 24.5 Å². The number of halogens is 1. The Kier molecular flexibility index (Phi) is 5.26. The van der Waals surface area contributed by atoms with E-state index in [9.17, 15) is 14.0 Å². The van der Waals surface area contributed by atoms with Gasteiger partial charge in [0.2, 0.25) is 5.91 Å². The van der Waals surface area contributed by atoms with Gasteiger partial charge in [0.05, 0.1) is 5.56 Å². The van der Waals surface area contributed by atoms with E-state index in [0.717, 1.165) is 0 Å². The van der Waals surface area contributed by atoms with Crippen LogP contribution in [0.1, 0.15) is 48.7 Å². The molecule has 0 radical (unpaired) electrons. The van der Waals surface area contributed by atoms with Gasteiger partial charge in [0.1, 0.15) is 23.7 Å². The lowest BCUT2D eigenvalue weighted by Crippen LogP contribution is -2.17. The van der Waals surface area contributed by atoms with Gasteiger partial charge in [0.25, 0.3) is 5.91 Å². The normalized spacial score (nSPS) is 13.5. The molecule has 30 heavy (non-hydrogen) atoms. The van der Waals surface area contributed by atoms with Crippen molar-refractivity contribution in [3.8, 4) is 11.5 Å². The highest BCUT2D eigenvalue weighted by atomic mass is 19.1. The monoisotopic (exact) mass is 408 g/mol. The van der Waals surface area contributed by atoms with Crippen molar-refractivity contribution in [3.05, 3.63) is 53.6 Å². The molecule has 0 spiro atoms. The summed E-state index contributed by atoms with van der Waals surface area (Å²) in [5, 5.41) is 13.4. The number of anilines is 2. The molecule has 0 fully saturated rings. The fourth-order valence-corrected chi connectivity index (χ4v) is 3.38. The number of hydrogen-bond acceptors (Lipinski definition) is 5. The van der Waals surface area contributed by atoms with Crippen LogP contribution in [0, 0.1) is 5.82 Å². The minimum atomic E-state index is -0.649. The minimum Gasteiger partial charge on any atom is -0.326 e. The number of pyridine rings is 1. The summed E-state index contributed by atoms with van der Waals surface area (Å²) < 4.78 is 16.5. The summed E-state index contributed by atoms with van der Waals surface area (Å²) in [6.07, 6.45) is 3.20. The summed E-state index contributed by atoms with van der Waals surface area (Å²) in [5.41, 5.74) is 1.53. The van der Waals surface area contributed by atoms with Crippen molar-refractivity contribution in [3.63, 3.8) is 0 Å². The lowest BCUT2D eigenvalue weighted by molar-refractivity contribution is -0.116. The molecule has 1 aliphatic heterocycles. The van der Waals surface area contributed by atoms with Crippen LogP contribution in [0.5, 0.6) is 0 Å². The maximum absolute atomic E-state index is 14.6. The standard InChI is InChI=1S/C21H21FN6O2/c1-12(2)28-11-23-27-20(28)16-6-4-7-18(24-16)26-21(30)14-10-17-13(9-15(14)22)5-3-8-19(29)25-17/h4,6-7,9-12H,3,5,8H2,1-2H3,(H,25,29)(H,24,26,30). The highest BCUT2D eigenvalue weighted by Crippen LogP contribution is 2.26. The third-order valence-electron chi connectivity index (χ3n) is 4.91. The van der Waals surface area contributed by atoms with E-state index in [1.807, 2.05) is 18.4 Å². The van der Waals surface area contributed by atoms with Crippen molar-refractivity contribution < 1.29 is 14.0 Å². The molecule has 154 valence electrons. The molecule has 0 bridgehead atoms. The molecule has 2 amide bonds. The van der Waals surface area contributed by atoms with Gasteiger partial charge < -0.3 is 15.2 Å². The van der Waals surface area contributed by atoms with Gasteiger partial charge >= 0.3 is 0 Å². The zero-order chi connectivity index (χ0) is 21.3. The molecular formula is C21H21FN6O2. The van der Waals surface area contributed by atoms with Crippen molar-refractivity contribution in [2.24, 2.45) is 0 Å². The predicted octanol–water partition coefficient (Wildman–Crippen LogP) is 3.59. The van der Waals surface area contributed by atoms with Gasteiger partial charge in [-0.25, -0.2) is 9.37 Å². The fourth-order valence-electron chi connectivity index (χ4n) is 3.38. The molecule has 2 N–H and O–H groups in total. The van der Waals surface area contributed by atoms with Crippen molar-refractivity contribution in [2.75, 3.05) is 10.6 Å². The Morgan fingerprint density at radius 3 is 2.90 bits per heavy atom. The Hall–Kier alpha value is -3.62. The average Bonchev–Trinajstić information content (AvgIpc) is 3.13. The lowest BCUT2D eigenvalue weighted by Gasteiger charge is -2.12. The van der Waals surface area contributed by atoms with Gasteiger partial charge in [-0.1, -0.05) is 6.07 Å². The quantitative estimate of drug-likeness (QED) is 0.687. The second-order valence-electron chi connectivity index (χ2n) is 7.41. The third-order valence-corrected chi connectivity index (χ3v) is 4.91. The number of fused-ring (bicyclic) bond motifs is 1. The number of rotatable bonds is 4. The topological polar surface area (TPSA) is 102 Å². The summed E-state index contributed by atoms with van der Waals surface area (Å²) in [6, 6.07) is 7.93. The molecule has 1 aromatic carbocycles. The summed E-state index contributed by atoms with van der Waals surface area (Å²) >= 11 is 0. The molecule has 0 atom stereocenters. The lowest BCUT2D eigenvalue weighted by atomic mass is 10.0. The summed E-state index contributed by atoms with van der Waals surface area (Å²) in [7, 11) is 0. The second kappa shape index (κ2) is 8.02. The molecule has 0 aliphatic carbocycles. The Morgan fingerprint density at radius 2 is 2.10 bits per heavy atom. The van der Waals surface area contributed by atoms with E-state index >= 15 is 0 Å². The van der Waals surface area contributed by atoms with Crippen LogP contribution in [0.4, 0.5) is 15.9 Å². The largest absolute Gasteiger partial charge is 0.326 e. The zero-order valence-corrected chi connectivity index (χ0v) is 16.6. The van der Waals surface area contributed by atoms with Gasteiger partial charge in [-0.15, -0.1) is 10.2 Å². The predicted molar refractivity (Wildman–Crippen MR) is 110 cm³/mol. The van der Waals surface area contributed by atoms with Gasteiger partial charge in [-0.3, -0.25) is 9.59 Å². The first-order chi connectivity index (χ1) is 14.4. The van der Waals surface area contributed by atoms with Crippen molar-refractivity contribution in [1.82, 2.24) is 19.7 Å². The van der Waals surface area contributed by atoms with E-state index in [4.69, 9.17) is 0 Å². The van der Waals surface area contributed by atoms with E-state index in [2.05, 4.69) is 25.8 Å². The van der Waals surface area contributed by atoms with Gasteiger partial charge in [0.15, 0.2) is 5.82 Å². The Morgan fingerprint density at radius 1 is 1.27 bits per heavy atom. The number of benzene rings is 1. The number of nitrogens with zero attached hydrogens (tertiary/aromatic N) is 4. The Labute approximate surface area is 172 Å². The van der Waals surface area contributed by atoms with E-state index in [0.29, 0.717) is 42.0 Å². The first-order valence-electron chi connectivity index (χ1n) is 9.73. The van der Waals surface area contributed by atoms with Crippen LogP contribution in [-0.4, -0.2) is 31.6 Å². The molecule has 0 unspecified atom stereocenters. The molecule has 3 aromatic rings. The SMILES string of the molecule is CC(C)n1cnnc1-c1cccc(NC(=O)c2cc3c(cc2F)CCCC(=O)N3)n1. The molecule has 1 aliphatic rings. The number of aryl methyl sites for hydroxylation is 1. The molecule has 9 heteroatoms. The second-order valence-corrected chi connectivity index (χ2v) is 7.41. The van der Waals surface area contributed by atoms with Gasteiger partial charge in [-0.2, -0.15) is 0 Å². The smallest absolute Gasteiger partial charge is 0.259 e. The summed E-state index contributed by atoms with van der Waals surface area (Å²) in [6.45, 7) is 4.00.